The fourth-order valence-corrected chi connectivity index (χ4v) is 3.03. The van der Waals surface area contributed by atoms with Crippen molar-refractivity contribution in [3.8, 4) is 5.75 Å². The third kappa shape index (κ3) is 5.51. The van der Waals surface area contributed by atoms with Crippen molar-refractivity contribution in [1.29, 1.82) is 0 Å². The van der Waals surface area contributed by atoms with Crippen LogP contribution in [-0.2, 0) is 6.61 Å². The molecule has 2 aromatic carbocycles. The molecule has 0 bridgehead atoms. The van der Waals surface area contributed by atoms with E-state index in [4.69, 9.17) is 9.15 Å². The first-order valence-corrected chi connectivity index (χ1v) is 9.91. The predicted molar refractivity (Wildman–Crippen MR) is 115 cm³/mol. The zero-order valence-corrected chi connectivity index (χ0v) is 17.6. The molecule has 3 aromatic rings. The van der Waals surface area contributed by atoms with Gasteiger partial charge in [-0.05, 0) is 66.9 Å². The Labute approximate surface area is 184 Å². The minimum Gasteiger partial charge on any atom is -0.486 e. The van der Waals surface area contributed by atoms with E-state index in [-0.39, 0.29) is 18.1 Å². The van der Waals surface area contributed by atoms with Crippen LogP contribution in [0.5, 0.6) is 5.75 Å². The number of amides is 1. The van der Waals surface area contributed by atoms with Gasteiger partial charge in [-0.2, -0.15) is 0 Å². The Kier molecular flexibility index (Phi) is 7.24. The average Bonchev–Trinajstić information content (AvgIpc) is 3.27. The summed E-state index contributed by atoms with van der Waals surface area (Å²) in [5.74, 6) is 0.493. The maximum Gasteiger partial charge on any atom is 0.287 e. The molecule has 32 heavy (non-hydrogen) atoms. The maximum atomic E-state index is 12.5. The Morgan fingerprint density at radius 1 is 1.12 bits per heavy atom. The van der Waals surface area contributed by atoms with Crippen molar-refractivity contribution >= 4 is 11.6 Å². The molecule has 1 heterocycles. The number of furan rings is 1. The number of aryl methyl sites for hydroxylation is 2. The summed E-state index contributed by atoms with van der Waals surface area (Å²) in [5, 5.41) is 33.4. The highest BCUT2D eigenvalue weighted by Gasteiger charge is 2.24. The third-order valence-corrected chi connectivity index (χ3v) is 5.08. The number of nitro benzene ring substituents is 1. The van der Waals surface area contributed by atoms with E-state index in [1.54, 1.807) is 6.07 Å². The lowest BCUT2D eigenvalue weighted by atomic mass is 10.0. The largest absolute Gasteiger partial charge is 0.486 e. The summed E-state index contributed by atoms with van der Waals surface area (Å²) < 4.78 is 11.2. The van der Waals surface area contributed by atoms with E-state index in [1.165, 1.54) is 30.3 Å². The van der Waals surface area contributed by atoms with E-state index >= 15 is 0 Å². The molecule has 0 aliphatic carbocycles. The molecule has 0 aliphatic heterocycles. The maximum absolute atomic E-state index is 12.5. The van der Waals surface area contributed by atoms with E-state index in [2.05, 4.69) is 5.32 Å². The van der Waals surface area contributed by atoms with Crippen LogP contribution < -0.4 is 10.1 Å². The number of hydrogen-bond acceptors (Lipinski definition) is 7. The van der Waals surface area contributed by atoms with Crippen molar-refractivity contribution in [2.75, 3.05) is 6.61 Å². The minimum absolute atomic E-state index is 0.00182. The zero-order valence-electron chi connectivity index (χ0n) is 17.6. The summed E-state index contributed by atoms with van der Waals surface area (Å²) in [4.78, 5) is 22.7. The highest BCUT2D eigenvalue weighted by molar-refractivity contribution is 5.91. The standard InChI is InChI=1S/C23H24N2O7/c1-14-3-8-18(11-15(14)2)31-13-19-9-10-21(32-19)23(28)24-20(12-26)22(27)16-4-6-17(7-5-16)25(29)30/h3-11,20,22,26-27H,12-13H2,1-2H3,(H,24,28). The van der Waals surface area contributed by atoms with E-state index in [0.29, 0.717) is 17.1 Å². The molecule has 0 fully saturated rings. The van der Waals surface area contributed by atoms with Gasteiger partial charge in [0.15, 0.2) is 5.76 Å². The van der Waals surface area contributed by atoms with E-state index in [9.17, 15) is 25.1 Å². The Balaban J connectivity index is 1.60. The van der Waals surface area contributed by atoms with Crippen molar-refractivity contribution in [3.63, 3.8) is 0 Å². The molecule has 0 aliphatic rings. The van der Waals surface area contributed by atoms with Crippen LogP contribution in [0.1, 0.15) is 39.1 Å². The van der Waals surface area contributed by atoms with Crippen LogP contribution >= 0.6 is 0 Å². The lowest BCUT2D eigenvalue weighted by Gasteiger charge is -2.22. The molecule has 1 amide bonds. The molecule has 2 unspecified atom stereocenters. The smallest absolute Gasteiger partial charge is 0.287 e. The van der Waals surface area contributed by atoms with Crippen LogP contribution in [0.15, 0.2) is 59.0 Å². The highest BCUT2D eigenvalue weighted by atomic mass is 16.6. The average molecular weight is 440 g/mol. The second kappa shape index (κ2) is 10.1. The topological polar surface area (TPSA) is 135 Å². The van der Waals surface area contributed by atoms with Crippen LogP contribution in [0, 0.1) is 24.0 Å². The lowest BCUT2D eigenvalue weighted by Crippen LogP contribution is -2.41. The normalized spacial score (nSPS) is 12.8. The molecule has 168 valence electrons. The summed E-state index contributed by atoms with van der Waals surface area (Å²) >= 11 is 0. The molecule has 9 heteroatoms. The van der Waals surface area contributed by atoms with Crippen LogP contribution in [0.4, 0.5) is 5.69 Å². The number of rotatable bonds is 9. The number of nitro groups is 1. The minimum atomic E-state index is -1.27. The van der Waals surface area contributed by atoms with Gasteiger partial charge in [0.1, 0.15) is 24.2 Å². The second-order valence-corrected chi connectivity index (χ2v) is 7.36. The van der Waals surface area contributed by atoms with Crippen LogP contribution in [-0.4, -0.2) is 33.7 Å². The van der Waals surface area contributed by atoms with E-state index < -0.39 is 29.6 Å². The summed E-state index contributed by atoms with van der Waals surface area (Å²) in [6.45, 7) is 3.58. The van der Waals surface area contributed by atoms with Crippen molar-refractivity contribution in [1.82, 2.24) is 5.32 Å². The summed E-state index contributed by atoms with van der Waals surface area (Å²) in [6, 6.07) is 13.0. The number of benzene rings is 2. The number of ether oxygens (including phenoxy) is 1. The van der Waals surface area contributed by atoms with Crippen LogP contribution in [0.3, 0.4) is 0 Å². The number of carbonyl (C=O) groups is 1. The molecule has 9 nitrogen and oxygen atoms in total. The van der Waals surface area contributed by atoms with E-state index in [0.717, 1.165) is 11.1 Å². The van der Waals surface area contributed by atoms with Gasteiger partial charge in [-0.1, -0.05) is 6.07 Å². The van der Waals surface area contributed by atoms with Crippen LogP contribution in [0.25, 0.3) is 0 Å². The summed E-state index contributed by atoms with van der Waals surface area (Å²) in [7, 11) is 0. The molecule has 3 rings (SSSR count). The Hall–Kier alpha value is -3.69. The quantitative estimate of drug-likeness (QED) is 0.343. The molecule has 1 aromatic heterocycles. The van der Waals surface area contributed by atoms with Crippen molar-refractivity contribution in [2.45, 2.75) is 32.6 Å². The fraction of sp³-hybridized carbons (Fsp3) is 0.261. The van der Waals surface area contributed by atoms with Crippen LogP contribution in [0.2, 0.25) is 0 Å². The second-order valence-electron chi connectivity index (χ2n) is 7.36. The number of non-ortho nitro benzene ring substituents is 1. The molecular formula is C23H24N2O7. The van der Waals surface area contributed by atoms with Gasteiger partial charge >= 0.3 is 0 Å². The van der Waals surface area contributed by atoms with Gasteiger partial charge in [0.25, 0.3) is 11.6 Å². The Morgan fingerprint density at radius 2 is 1.84 bits per heavy atom. The molecule has 0 radical (unpaired) electrons. The first-order chi connectivity index (χ1) is 15.3. The van der Waals surface area contributed by atoms with Gasteiger partial charge in [0.05, 0.1) is 17.6 Å². The van der Waals surface area contributed by atoms with Crippen molar-refractivity contribution in [2.24, 2.45) is 0 Å². The molecule has 0 saturated heterocycles. The van der Waals surface area contributed by atoms with Gasteiger partial charge in [-0.25, -0.2) is 0 Å². The number of nitrogens with zero attached hydrogens (tertiary/aromatic N) is 1. The van der Waals surface area contributed by atoms with Gasteiger partial charge in [0.2, 0.25) is 0 Å². The summed E-state index contributed by atoms with van der Waals surface area (Å²) in [6.07, 6.45) is -1.27. The third-order valence-electron chi connectivity index (χ3n) is 5.08. The molecule has 3 N–H and O–H groups in total. The Bertz CT molecular complexity index is 1090. The molecule has 2 atom stereocenters. The molecule has 0 spiro atoms. The van der Waals surface area contributed by atoms with Gasteiger partial charge in [0, 0.05) is 12.1 Å². The van der Waals surface area contributed by atoms with Crippen molar-refractivity contribution < 1.29 is 29.1 Å². The first kappa shape index (κ1) is 23.0. The van der Waals surface area contributed by atoms with E-state index in [1.807, 2.05) is 32.0 Å². The summed E-state index contributed by atoms with van der Waals surface area (Å²) in [5.41, 5.74) is 2.45. The van der Waals surface area contributed by atoms with Gasteiger partial charge in [-0.3, -0.25) is 14.9 Å². The lowest BCUT2D eigenvalue weighted by molar-refractivity contribution is -0.384. The number of aliphatic hydroxyl groups is 2. The molecule has 0 saturated carbocycles. The SMILES string of the molecule is Cc1ccc(OCc2ccc(C(=O)NC(CO)C(O)c3ccc([N+](=O)[O-])cc3)o2)cc1C. The molecular weight excluding hydrogens is 416 g/mol. The highest BCUT2D eigenvalue weighted by Crippen LogP contribution is 2.22. The number of hydrogen-bond donors (Lipinski definition) is 3. The first-order valence-electron chi connectivity index (χ1n) is 9.91. The number of aliphatic hydroxyl groups excluding tert-OH is 2. The fourth-order valence-electron chi connectivity index (χ4n) is 3.03. The monoisotopic (exact) mass is 440 g/mol. The van der Waals surface area contributed by atoms with Crippen molar-refractivity contribution in [3.05, 3.63) is 92.9 Å². The Morgan fingerprint density at radius 3 is 2.47 bits per heavy atom. The number of nitrogens with one attached hydrogen (secondary N) is 1. The number of carbonyl (C=O) groups excluding carboxylic acids is 1. The van der Waals surface area contributed by atoms with Gasteiger partial charge in [-0.15, -0.1) is 0 Å². The zero-order chi connectivity index (χ0) is 23.3. The van der Waals surface area contributed by atoms with Gasteiger partial charge < -0.3 is 24.7 Å². The predicted octanol–water partition coefficient (Wildman–Crippen LogP) is 3.21.